The van der Waals surface area contributed by atoms with Crippen molar-refractivity contribution in [1.82, 2.24) is 0 Å². The van der Waals surface area contributed by atoms with Crippen LogP contribution in [0, 0.1) is 0 Å². The van der Waals surface area contributed by atoms with E-state index in [9.17, 15) is 18.0 Å². The summed E-state index contributed by atoms with van der Waals surface area (Å²) in [7, 11) is -3.92. The van der Waals surface area contributed by atoms with Gasteiger partial charge in [-0.1, -0.05) is 116 Å². The van der Waals surface area contributed by atoms with Gasteiger partial charge < -0.3 is 10.2 Å². The van der Waals surface area contributed by atoms with E-state index in [2.05, 4.69) is 6.92 Å². The molecule has 0 rings (SSSR count). The Bertz CT molecular complexity index is 558. The third-order valence-corrected chi connectivity index (χ3v) is 7.94. The second-order valence-electron chi connectivity index (χ2n) is 8.80. The summed E-state index contributed by atoms with van der Waals surface area (Å²) in [5.74, 6) is -3.24. The maximum Gasteiger partial charge on any atom is 0.322 e. The number of rotatable bonds is 23. The first-order valence-corrected chi connectivity index (χ1v) is 14.2. The van der Waals surface area contributed by atoms with E-state index < -0.39 is 33.4 Å². The monoisotopic (exact) mass is 462 g/mol. The Morgan fingerprint density at radius 2 is 0.935 bits per heavy atom. The van der Waals surface area contributed by atoms with Crippen molar-refractivity contribution < 1.29 is 28.2 Å². The molecule has 2 N–H and O–H groups in total. The zero-order chi connectivity index (χ0) is 23.4. The van der Waals surface area contributed by atoms with Gasteiger partial charge in [-0.3, -0.25) is 9.59 Å². The molecule has 0 aromatic carbocycles. The summed E-state index contributed by atoms with van der Waals surface area (Å²) < 4.78 is 24.1. The van der Waals surface area contributed by atoms with E-state index in [1.165, 1.54) is 83.5 Å². The van der Waals surface area contributed by atoms with E-state index >= 15 is 0 Å². The van der Waals surface area contributed by atoms with Crippen LogP contribution in [0.15, 0.2) is 0 Å². The van der Waals surface area contributed by atoms with Gasteiger partial charge in [0.15, 0.2) is 15.1 Å². The van der Waals surface area contributed by atoms with E-state index in [1.807, 2.05) is 0 Å². The second kappa shape index (κ2) is 19.6. The minimum Gasteiger partial charge on any atom is -0.481 e. The Hall–Kier alpha value is -1.11. The van der Waals surface area contributed by atoms with Crippen LogP contribution in [0.25, 0.3) is 0 Å². The maximum atomic E-state index is 12.0. The molecule has 0 heterocycles. The number of hydrogen-bond acceptors (Lipinski definition) is 4. The topological polar surface area (TPSA) is 109 Å². The lowest BCUT2D eigenvalue weighted by molar-refractivity contribution is -0.143. The molecule has 0 radical (unpaired) electrons. The van der Waals surface area contributed by atoms with E-state index in [4.69, 9.17) is 10.2 Å². The quantitative estimate of drug-likeness (QED) is 0.171. The fraction of sp³-hybridized carbons (Fsp3) is 0.917. The van der Waals surface area contributed by atoms with Crippen molar-refractivity contribution in [1.29, 1.82) is 0 Å². The van der Waals surface area contributed by atoms with Crippen LogP contribution >= 0.6 is 0 Å². The van der Waals surface area contributed by atoms with Gasteiger partial charge >= 0.3 is 11.9 Å². The van der Waals surface area contributed by atoms with E-state index in [1.54, 1.807) is 0 Å². The Kier molecular flexibility index (Phi) is 18.9. The molecule has 0 bridgehead atoms. The molecule has 0 spiro atoms. The Balaban J connectivity index is 3.50. The van der Waals surface area contributed by atoms with Crippen LogP contribution in [0.4, 0.5) is 0 Å². The lowest BCUT2D eigenvalue weighted by atomic mass is 10.0. The standard InChI is InChI=1S/C24H46O6S/c1-2-3-4-5-6-7-8-9-10-11-12-13-14-15-16-17-18-19-20-31(29,30)22(24(27)28)21-23(25)26/h22H,2-21H2,1H3,(H,25,26)(H,27,28). The normalized spacial score (nSPS) is 12.7. The number of hydrogen-bond donors (Lipinski definition) is 2. The van der Waals surface area contributed by atoms with Crippen LogP contribution in [0.2, 0.25) is 0 Å². The molecule has 0 aliphatic heterocycles. The first kappa shape index (κ1) is 29.9. The SMILES string of the molecule is CCCCCCCCCCCCCCCCCCCCS(=O)(=O)C(CC(=O)O)C(=O)O. The predicted molar refractivity (Wildman–Crippen MR) is 126 cm³/mol. The molecule has 1 unspecified atom stereocenters. The number of sulfone groups is 1. The largest absolute Gasteiger partial charge is 0.481 e. The molecule has 184 valence electrons. The van der Waals surface area contributed by atoms with Gasteiger partial charge in [-0.15, -0.1) is 0 Å². The van der Waals surface area contributed by atoms with Gasteiger partial charge in [0.1, 0.15) is 0 Å². The van der Waals surface area contributed by atoms with Crippen LogP contribution < -0.4 is 0 Å². The summed E-state index contributed by atoms with van der Waals surface area (Å²) >= 11 is 0. The number of unbranched alkanes of at least 4 members (excludes halogenated alkanes) is 17. The molecule has 0 saturated carbocycles. The lowest BCUT2D eigenvalue weighted by Gasteiger charge is -2.11. The van der Waals surface area contributed by atoms with Gasteiger partial charge in [0.2, 0.25) is 0 Å². The fourth-order valence-corrected chi connectivity index (χ4v) is 5.47. The molecule has 0 saturated heterocycles. The molecule has 31 heavy (non-hydrogen) atoms. The summed E-state index contributed by atoms with van der Waals surface area (Å²) in [5, 5.41) is 15.8. The Labute approximate surface area is 190 Å². The molecule has 0 aromatic rings. The van der Waals surface area contributed by atoms with Gasteiger partial charge in [0.25, 0.3) is 0 Å². The highest BCUT2D eigenvalue weighted by Crippen LogP contribution is 2.15. The van der Waals surface area contributed by atoms with Crippen molar-refractivity contribution in [2.45, 2.75) is 134 Å². The highest BCUT2D eigenvalue weighted by molar-refractivity contribution is 7.92. The minimum absolute atomic E-state index is 0.254. The summed E-state index contributed by atoms with van der Waals surface area (Å²) in [6.07, 6.45) is 20.9. The molecule has 0 fully saturated rings. The van der Waals surface area contributed by atoms with E-state index in [0.717, 1.165) is 25.7 Å². The molecule has 0 aliphatic rings. The zero-order valence-corrected chi connectivity index (χ0v) is 20.5. The van der Waals surface area contributed by atoms with Gasteiger partial charge in [-0.25, -0.2) is 8.42 Å². The molecule has 0 amide bonds. The zero-order valence-electron chi connectivity index (χ0n) is 19.7. The highest BCUT2D eigenvalue weighted by Gasteiger charge is 2.34. The van der Waals surface area contributed by atoms with Crippen molar-refractivity contribution in [2.24, 2.45) is 0 Å². The molecule has 0 aliphatic carbocycles. The average Bonchev–Trinajstić information content (AvgIpc) is 2.70. The lowest BCUT2D eigenvalue weighted by Crippen LogP contribution is -2.34. The predicted octanol–water partition coefficient (Wildman–Crippen LogP) is 6.37. The Morgan fingerprint density at radius 3 is 1.23 bits per heavy atom. The molecular formula is C24H46O6S. The first-order chi connectivity index (χ1) is 14.8. The van der Waals surface area contributed by atoms with Crippen LogP contribution in [-0.2, 0) is 19.4 Å². The fourth-order valence-electron chi connectivity index (χ4n) is 3.87. The molecule has 1 atom stereocenters. The molecule has 7 heteroatoms. The minimum atomic E-state index is -3.92. The van der Waals surface area contributed by atoms with Gasteiger partial charge in [-0.05, 0) is 6.42 Å². The maximum absolute atomic E-state index is 12.0. The van der Waals surface area contributed by atoms with E-state index in [-0.39, 0.29) is 5.75 Å². The highest BCUT2D eigenvalue weighted by atomic mass is 32.2. The third kappa shape index (κ3) is 18.2. The van der Waals surface area contributed by atoms with Crippen molar-refractivity contribution in [3.63, 3.8) is 0 Å². The van der Waals surface area contributed by atoms with Crippen LogP contribution in [0.1, 0.15) is 129 Å². The molecular weight excluding hydrogens is 416 g/mol. The van der Waals surface area contributed by atoms with Gasteiger partial charge in [0, 0.05) is 0 Å². The first-order valence-electron chi connectivity index (χ1n) is 12.5. The average molecular weight is 463 g/mol. The number of carboxylic acid groups (broad SMARTS) is 2. The van der Waals surface area contributed by atoms with Gasteiger partial charge in [-0.2, -0.15) is 0 Å². The van der Waals surface area contributed by atoms with Crippen molar-refractivity contribution in [3.8, 4) is 0 Å². The van der Waals surface area contributed by atoms with Gasteiger partial charge in [0.05, 0.1) is 12.2 Å². The number of carboxylic acids is 2. The second-order valence-corrected chi connectivity index (χ2v) is 11.1. The van der Waals surface area contributed by atoms with Crippen LogP contribution in [-0.4, -0.2) is 41.6 Å². The van der Waals surface area contributed by atoms with Crippen molar-refractivity contribution in [3.05, 3.63) is 0 Å². The van der Waals surface area contributed by atoms with Crippen LogP contribution in [0.3, 0.4) is 0 Å². The van der Waals surface area contributed by atoms with E-state index in [0.29, 0.717) is 6.42 Å². The van der Waals surface area contributed by atoms with Crippen LogP contribution in [0.5, 0.6) is 0 Å². The van der Waals surface area contributed by atoms with Crippen molar-refractivity contribution in [2.75, 3.05) is 5.75 Å². The molecule has 0 aromatic heterocycles. The summed E-state index contributed by atoms with van der Waals surface area (Å²) in [6.45, 7) is 2.25. The molecule has 6 nitrogen and oxygen atoms in total. The summed E-state index contributed by atoms with van der Waals surface area (Å²) in [6, 6.07) is 0. The number of carbonyl (C=O) groups is 2. The smallest absolute Gasteiger partial charge is 0.322 e. The van der Waals surface area contributed by atoms with Crippen molar-refractivity contribution >= 4 is 21.8 Å². The summed E-state index contributed by atoms with van der Waals surface area (Å²) in [4.78, 5) is 21.7. The number of aliphatic carboxylic acids is 2. The Morgan fingerprint density at radius 1 is 0.613 bits per heavy atom. The summed E-state index contributed by atoms with van der Waals surface area (Å²) in [5.41, 5.74) is 0. The third-order valence-electron chi connectivity index (χ3n) is 5.85.